The summed E-state index contributed by atoms with van der Waals surface area (Å²) in [5, 5.41) is 2.99. The monoisotopic (exact) mass is 409 g/mol. The maximum Gasteiger partial charge on any atom is 0.224 e. The minimum absolute atomic E-state index is 0.144. The first-order valence-electron chi connectivity index (χ1n) is 10.1. The van der Waals surface area contributed by atoms with Crippen LogP contribution >= 0.6 is 0 Å². The molecule has 30 heavy (non-hydrogen) atoms. The predicted octanol–water partition coefficient (Wildman–Crippen LogP) is 4.97. The molecule has 1 N–H and O–H groups in total. The molecule has 6 heteroatoms. The van der Waals surface area contributed by atoms with Crippen LogP contribution in [-0.2, 0) is 24.3 Å². The van der Waals surface area contributed by atoms with Crippen molar-refractivity contribution in [2.24, 2.45) is 0 Å². The van der Waals surface area contributed by atoms with Gasteiger partial charge in [0, 0.05) is 42.8 Å². The van der Waals surface area contributed by atoms with Gasteiger partial charge < -0.3 is 14.8 Å². The number of aryl methyl sites for hydroxylation is 3. The molecule has 0 radical (unpaired) electrons. The first kappa shape index (κ1) is 20.1. The van der Waals surface area contributed by atoms with E-state index in [9.17, 15) is 13.6 Å². The molecule has 0 spiro atoms. The van der Waals surface area contributed by atoms with Crippen molar-refractivity contribution < 1.29 is 13.6 Å². The highest BCUT2D eigenvalue weighted by Gasteiger charge is 2.18. The van der Waals surface area contributed by atoms with Crippen molar-refractivity contribution in [1.82, 2.24) is 4.57 Å². The molecule has 0 fully saturated rings. The molecule has 3 aromatic rings. The SMILES string of the molecule is Cc1cc(N2CCn3cccc3C2)cc(C)c1NC(=O)CCc1ccc(F)c(F)c1. The summed E-state index contributed by atoms with van der Waals surface area (Å²) in [5.41, 5.74) is 5.87. The Balaban J connectivity index is 1.42. The molecule has 1 amide bonds. The number of carbonyl (C=O) groups is 1. The second-order valence-electron chi connectivity index (χ2n) is 7.87. The van der Waals surface area contributed by atoms with Crippen molar-refractivity contribution in [3.05, 3.63) is 82.7 Å². The number of anilines is 2. The van der Waals surface area contributed by atoms with Crippen LogP contribution in [0.2, 0.25) is 0 Å². The Morgan fingerprint density at radius 1 is 1.03 bits per heavy atom. The maximum absolute atomic E-state index is 13.3. The highest BCUT2D eigenvalue weighted by atomic mass is 19.2. The van der Waals surface area contributed by atoms with Gasteiger partial charge in [0.15, 0.2) is 11.6 Å². The molecular weight excluding hydrogens is 384 g/mol. The summed E-state index contributed by atoms with van der Waals surface area (Å²) in [6.45, 7) is 6.76. The molecule has 4 nitrogen and oxygen atoms in total. The smallest absolute Gasteiger partial charge is 0.224 e. The van der Waals surface area contributed by atoms with E-state index in [0.717, 1.165) is 54.3 Å². The fourth-order valence-corrected chi connectivity index (χ4v) is 4.01. The fourth-order valence-electron chi connectivity index (χ4n) is 4.01. The molecule has 1 aromatic heterocycles. The Bertz CT molecular complexity index is 1070. The van der Waals surface area contributed by atoms with E-state index in [1.165, 1.54) is 11.8 Å². The molecule has 1 aliphatic rings. The molecule has 2 aromatic carbocycles. The summed E-state index contributed by atoms with van der Waals surface area (Å²) in [6.07, 6.45) is 2.67. The number of carbonyl (C=O) groups excluding carboxylic acids is 1. The van der Waals surface area contributed by atoms with Gasteiger partial charge in [-0.3, -0.25) is 4.79 Å². The third-order valence-electron chi connectivity index (χ3n) is 5.66. The van der Waals surface area contributed by atoms with Gasteiger partial charge in [-0.05, 0) is 73.4 Å². The van der Waals surface area contributed by atoms with Gasteiger partial charge in [-0.25, -0.2) is 8.78 Å². The van der Waals surface area contributed by atoms with Crippen LogP contribution in [0, 0.1) is 25.5 Å². The van der Waals surface area contributed by atoms with Crippen molar-refractivity contribution in [2.45, 2.75) is 39.8 Å². The number of amides is 1. The van der Waals surface area contributed by atoms with Gasteiger partial charge in [-0.15, -0.1) is 0 Å². The largest absolute Gasteiger partial charge is 0.364 e. The summed E-state index contributed by atoms with van der Waals surface area (Å²) >= 11 is 0. The summed E-state index contributed by atoms with van der Waals surface area (Å²) < 4.78 is 28.6. The first-order chi connectivity index (χ1) is 14.4. The summed E-state index contributed by atoms with van der Waals surface area (Å²) in [7, 11) is 0. The zero-order chi connectivity index (χ0) is 21.3. The van der Waals surface area contributed by atoms with Crippen LogP contribution in [0.25, 0.3) is 0 Å². The van der Waals surface area contributed by atoms with Crippen LogP contribution in [0.3, 0.4) is 0 Å². The lowest BCUT2D eigenvalue weighted by molar-refractivity contribution is -0.116. The zero-order valence-corrected chi connectivity index (χ0v) is 17.2. The minimum atomic E-state index is -0.889. The molecule has 0 aliphatic carbocycles. The van der Waals surface area contributed by atoms with Crippen LogP contribution in [0.1, 0.15) is 28.8 Å². The van der Waals surface area contributed by atoms with Crippen LogP contribution in [-0.4, -0.2) is 17.0 Å². The lowest BCUT2D eigenvalue weighted by atomic mass is 10.1. The van der Waals surface area contributed by atoms with Crippen LogP contribution in [0.15, 0.2) is 48.7 Å². The molecule has 0 unspecified atom stereocenters. The van der Waals surface area contributed by atoms with Crippen LogP contribution < -0.4 is 10.2 Å². The number of aromatic nitrogens is 1. The van der Waals surface area contributed by atoms with Crippen molar-refractivity contribution in [3.8, 4) is 0 Å². The fraction of sp³-hybridized carbons (Fsp3) is 0.292. The van der Waals surface area contributed by atoms with Gasteiger partial charge in [0.25, 0.3) is 0 Å². The Morgan fingerprint density at radius 2 is 1.80 bits per heavy atom. The molecule has 156 valence electrons. The van der Waals surface area contributed by atoms with Gasteiger partial charge >= 0.3 is 0 Å². The number of benzene rings is 2. The van der Waals surface area contributed by atoms with Gasteiger partial charge in [-0.2, -0.15) is 0 Å². The highest BCUT2D eigenvalue weighted by Crippen LogP contribution is 2.29. The molecule has 0 atom stereocenters. The van der Waals surface area contributed by atoms with Crippen molar-refractivity contribution in [2.75, 3.05) is 16.8 Å². The second-order valence-corrected chi connectivity index (χ2v) is 7.87. The quantitative estimate of drug-likeness (QED) is 0.646. The number of halogens is 2. The lowest BCUT2D eigenvalue weighted by Crippen LogP contribution is -2.33. The molecule has 0 saturated heterocycles. The number of fused-ring (bicyclic) bond motifs is 1. The summed E-state index contributed by atoms with van der Waals surface area (Å²) in [5.74, 6) is -1.91. The summed E-state index contributed by atoms with van der Waals surface area (Å²) in [6, 6.07) is 12.2. The van der Waals surface area contributed by atoms with Gasteiger partial charge in [-0.1, -0.05) is 6.07 Å². The van der Waals surface area contributed by atoms with Crippen molar-refractivity contribution >= 4 is 17.3 Å². The maximum atomic E-state index is 13.3. The Hall–Kier alpha value is -3.15. The Kier molecular flexibility index (Phi) is 5.57. The van der Waals surface area contributed by atoms with E-state index in [-0.39, 0.29) is 12.3 Å². The van der Waals surface area contributed by atoms with Crippen LogP contribution in [0.4, 0.5) is 20.2 Å². The van der Waals surface area contributed by atoms with E-state index in [1.54, 1.807) is 0 Å². The molecule has 2 heterocycles. The van der Waals surface area contributed by atoms with Gasteiger partial charge in [0.05, 0.1) is 6.54 Å². The summed E-state index contributed by atoms with van der Waals surface area (Å²) in [4.78, 5) is 14.8. The average Bonchev–Trinajstić information content (AvgIpc) is 3.19. The predicted molar refractivity (Wildman–Crippen MR) is 115 cm³/mol. The third kappa shape index (κ3) is 4.22. The van der Waals surface area contributed by atoms with Gasteiger partial charge in [0.1, 0.15) is 0 Å². The molecule has 0 bridgehead atoms. The van der Waals surface area contributed by atoms with Gasteiger partial charge in [0.2, 0.25) is 5.91 Å². The lowest BCUT2D eigenvalue weighted by Gasteiger charge is -2.31. The number of nitrogens with zero attached hydrogens (tertiary/aromatic N) is 2. The van der Waals surface area contributed by atoms with E-state index < -0.39 is 11.6 Å². The number of hydrogen-bond acceptors (Lipinski definition) is 2. The molecule has 1 aliphatic heterocycles. The number of hydrogen-bond donors (Lipinski definition) is 1. The molecular formula is C24H25F2N3O. The highest BCUT2D eigenvalue weighted by molar-refractivity contribution is 5.93. The average molecular weight is 409 g/mol. The Morgan fingerprint density at radius 3 is 2.53 bits per heavy atom. The van der Waals surface area contributed by atoms with Crippen LogP contribution in [0.5, 0.6) is 0 Å². The third-order valence-corrected chi connectivity index (χ3v) is 5.66. The second kappa shape index (κ2) is 8.30. The number of rotatable bonds is 5. The van der Waals surface area contributed by atoms with E-state index in [2.05, 4.69) is 45.2 Å². The van der Waals surface area contributed by atoms with E-state index in [0.29, 0.717) is 12.0 Å². The molecule has 4 rings (SSSR count). The first-order valence-corrected chi connectivity index (χ1v) is 10.1. The van der Waals surface area contributed by atoms with E-state index >= 15 is 0 Å². The normalized spacial score (nSPS) is 13.3. The Labute approximate surface area is 175 Å². The topological polar surface area (TPSA) is 37.3 Å². The van der Waals surface area contributed by atoms with Crippen molar-refractivity contribution in [1.29, 1.82) is 0 Å². The standard InChI is InChI=1S/C24H25F2N3O/c1-16-12-20(29-11-10-28-9-3-4-19(28)15-29)13-17(2)24(16)27-23(30)8-6-18-5-7-21(25)22(26)14-18/h3-5,7,9,12-14H,6,8,10-11,15H2,1-2H3,(H,27,30). The number of nitrogens with one attached hydrogen (secondary N) is 1. The van der Waals surface area contributed by atoms with E-state index in [4.69, 9.17) is 0 Å². The van der Waals surface area contributed by atoms with Crippen molar-refractivity contribution in [3.63, 3.8) is 0 Å². The zero-order valence-electron chi connectivity index (χ0n) is 17.2. The molecule has 0 saturated carbocycles. The minimum Gasteiger partial charge on any atom is -0.364 e. The van der Waals surface area contributed by atoms with E-state index in [1.807, 2.05) is 13.8 Å².